The molecule has 5 heteroatoms. The molecule has 1 atom stereocenters. The van der Waals surface area contributed by atoms with Crippen LogP contribution in [0.15, 0.2) is 12.4 Å². The summed E-state index contributed by atoms with van der Waals surface area (Å²) in [5.74, 6) is 0.852. The van der Waals surface area contributed by atoms with Crippen molar-refractivity contribution < 1.29 is 0 Å². The van der Waals surface area contributed by atoms with Gasteiger partial charge in [0.1, 0.15) is 0 Å². The standard InChI is InChI=1S/C11H17BrN4/c1-9-8-15(2)3-4-16(9)11-13-6-10(5-12)7-14-11/h6-7,9H,3-5,8H2,1-2H3. The van der Waals surface area contributed by atoms with Gasteiger partial charge < -0.3 is 9.80 Å². The Kier molecular flexibility index (Phi) is 3.76. The molecular formula is C11H17BrN4. The van der Waals surface area contributed by atoms with E-state index in [1.165, 1.54) is 0 Å². The first-order valence-corrected chi connectivity index (χ1v) is 6.65. The molecule has 1 aromatic heterocycles. The lowest BCUT2D eigenvalue weighted by Gasteiger charge is -2.38. The molecule has 0 N–H and O–H groups in total. The van der Waals surface area contributed by atoms with Crippen molar-refractivity contribution in [1.82, 2.24) is 14.9 Å². The third kappa shape index (κ3) is 2.52. The minimum absolute atomic E-state index is 0.480. The predicted molar refractivity (Wildman–Crippen MR) is 69.0 cm³/mol. The summed E-state index contributed by atoms with van der Waals surface area (Å²) in [7, 11) is 2.16. The maximum atomic E-state index is 4.41. The largest absolute Gasteiger partial charge is 0.336 e. The summed E-state index contributed by atoms with van der Waals surface area (Å²) in [6, 6.07) is 0.480. The summed E-state index contributed by atoms with van der Waals surface area (Å²) in [6.45, 7) is 5.38. The molecule has 4 nitrogen and oxygen atoms in total. The molecule has 1 aliphatic heterocycles. The van der Waals surface area contributed by atoms with Gasteiger partial charge in [0.15, 0.2) is 0 Å². The number of hydrogen-bond acceptors (Lipinski definition) is 4. The molecule has 2 heterocycles. The molecule has 0 aliphatic carbocycles. The highest BCUT2D eigenvalue weighted by Gasteiger charge is 2.23. The molecule has 0 bridgehead atoms. The number of rotatable bonds is 2. The van der Waals surface area contributed by atoms with Crippen LogP contribution >= 0.6 is 15.9 Å². The maximum Gasteiger partial charge on any atom is 0.225 e. The van der Waals surface area contributed by atoms with E-state index in [1.54, 1.807) is 0 Å². The Hall–Kier alpha value is -0.680. The number of nitrogens with zero attached hydrogens (tertiary/aromatic N) is 4. The summed E-state index contributed by atoms with van der Waals surface area (Å²) in [6.07, 6.45) is 3.78. The number of piperazine rings is 1. The zero-order chi connectivity index (χ0) is 11.5. The van der Waals surface area contributed by atoms with Gasteiger partial charge in [0.05, 0.1) is 0 Å². The van der Waals surface area contributed by atoms with Crippen LogP contribution in [0.25, 0.3) is 0 Å². The first-order valence-electron chi connectivity index (χ1n) is 5.53. The van der Waals surface area contributed by atoms with Crippen LogP contribution in [-0.2, 0) is 5.33 Å². The van der Waals surface area contributed by atoms with Gasteiger partial charge in [0.2, 0.25) is 5.95 Å². The van der Waals surface area contributed by atoms with Crippen LogP contribution in [0.3, 0.4) is 0 Å². The number of likely N-dealkylation sites (N-methyl/N-ethyl adjacent to an activating group) is 1. The SMILES string of the molecule is CC1CN(C)CCN1c1ncc(CBr)cn1. The third-order valence-corrected chi connectivity index (χ3v) is 3.58. The molecule has 2 rings (SSSR count). The lowest BCUT2D eigenvalue weighted by molar-refractivity contribution is 0.273. The summed E-state index contributed by atoms with van der Waals surface area (Å²) in [5.41, 5.74) is 1.12. The lowest BCUT2D eigenvalue weighted by Crippen LogP contribution is -2.51. The second-order valence-electron chi connectivity index (χ2n) is 4.33. The predicted octanol–water partition coefficient (Wildman–Crippen LogP) is 1.51. The minimum Gasteiger partial charge on any atom is -0.336 e. The van der Waals surface area contributed by atoms with E-state index in [0.717, 1.165) is 36.5 Å². The highest BCUT2D eigenvalue weighted by atomic mass is 79.9. The number of hydrogen-bond donors (Lipinski definition) is 0. The van der Waals surface area contributed by atoms with E-state index < -0.39 is 0 Å². The third-order valence-electron chi connectivity index (χ3n) is 2.93. The van der Waals surface area contributed by atoms with Crippen molar-refractivity contribution in [2.24, 2.45) is 0 Å². The smallest absolute Gasteiger partial charge is 0.225 e. The number of alkyl halides is 1. The molecule has 1 saturated heterocycles. The molecule has 1 aliphatic rings. The van der Waals surface area contributed by atoms with Gasteiger partial charge in [-0.25, -0.2) is 9.97 Å². The zero-order valence-corrected chi connectivity index (χ0v) is 11.3. The summed E-state index contributed by atoms with van der Waals surface area (Å²) < 4.78 is 0. The Morgan fingerprint density at radius 3 is 2.62 bits per heavy atom. The number of halogens is 1. The van der Waals surface area contributed by atoms with Gasteiger partial charge >= 0.3 is 0 Å². The highest BCUT2D eigenvalue weighted by Crippen LogP contribution is 2.15. The average Bonchev–Trinajstić information content (AvgIpc) is 2.29. The molecule has 1 aromatic rings. The van der Waals surface area contributed by atoms with E-state index in [-0.39, 0.29) is 0 Å². The van der Waals surface area contributed by atoms with Gasteiger partial charge in [-0.2, -0.15) is 0 Å². The molecule has 0 radical (unpaired) electrons. The van der Waals surface area contributed by atoms with Gasteiger partial charge in [-0.15, -0.1) is 0 Å². The molecule has 88 valence electrons. The van der Waals surface area contributed by atoms with Gasteiger partial charge in [-0.05, 0) is 19.5 Å². The Bertz CT molecular complexity index is 340. The number of anilines is 1. The normalized spacial score (nSPS) is 22.4. The molecule has 0 amide bonds. The molecule has 0 aromatic carbocycles. The van der Waals surface area contributed by atoms with Crippen LogP contribution in [0, 0.1) is 0 Å². The van der Waals surface area contributed by atoms with E-state index in [4.69, 9.17) is 0 Å². The van der Waals surface area contributed by atoms with Crippen LogP contribution < -0.4 is 4.90 Å². The van der Waals surface area contributed by atoms with Crippen molar-refractivity contribution in [2.75, 3.05) is 31.6 Å². The Balaban J connectivity index is 2.11. The van der Waals surface area contributed by atoms with Crippen LogP contribution in [0.1, 0.15) is 12.5 Å². The van der Waals surface area contributed by atoms with Crippen LogP contribution in [0.5, 0.6) is 0 Å². The molecule has 16 heavy (non-hydrogen) atoms. The van der Waals surface area contributed by atoms with Gasteiger partial charge in [-0.1, -0.05) is 15.9 Å². The quantitative estimate of drug-likeness (QED) is 0.771. The van der Waals surface area contributed by atoms with E-state index >= 15 is 0 Å². The Morgan fingerprint density at radius 2 is 2.06 bits per heavy atom. The van der Waals surface area contributed by atoms with Crippen molar-refractivity contribution in [1.29, 1.82) is 0 Å². The average molecular weight is 285 g/mol. The van der Waals surface area contributed by atoms with Gasteiger partial charge in [0, 0.05) is 43.4 Å². The summed E-state index contributed by atoms with van der Waals surface area (Å²) in [5, 5.41) is 0.811. The van der Waals surface area contributed by atoms with Gasteiger partial charge in [-0.3, -0.25) is 0 Å². The first-order chi connectivity index (χ1) is 7.70. The minimum atomic E-state index is 0.480. The number of aromatic nitrogens is 2. The topological polar surface area (TPSA) is 32.3 Å². The lowest BCUT2D eigenvalue weighted by atomic mass is 10.2. The molecular weight excluding hydrogens is 268 g/mol. The first kappa shape index (κ1) is 11.8. The Morgan fingerprint density at radius 1 is 1.38 bits per heavy atom. The van der Waals surface area contributed by atoms with Gasteiger partial charge in [0.25, 0.3) is 0 Å². The fraction of sp³-hybridized carbons (Fsp3) is 0.636. The van der Waals surface area contributed by atoms with Crippen molar-refractivity contribution in [3.8, 4) is 0 Å². The maximum absolute atomic E-state index is 4.41. The van der Waals surface area contributed by atoms with E-state index in [0.29, 0.717) is 6.04 Å². The van der Waals surface area contributed by atoms with Crippen molar-refractivity contribution in [3.63, 3.8) is 0 Å². The monoisotopic (exact) mass is 284 g/mol. The fourth-order valence-electron chi connectivity index (χ4n) is 2.00. The zero-order valence-electron chi connectivity index (χ0n) is 9.73. The highest BCUT2D eigenvalue weighted by molar-refractivity contribution is 9.08. The van der Waals surface area contributed by atoms with E-state index in [1.807, 2.05) is 12.4 Å². The Labute approximate surface area is 105 Å². The summed E-state index contributed by atoms with van der Waals surface area (Å²) >= 11 is 3.40. The fourth-order valence-corrected chi connectivity index (χ4v) is 2.29. The molecule has 0 saturated carbocycles. The van der Waals surface area contributed by atoms with E-state index in [2.05, 4.69) is 49.7 Å². The van der Waals surface area contributed by atoms with Crippen LogP contribution in [0.2, 0.25) is 0 Å². The molecule has 0 spiro atoms. The molecule has 1 fully saturated rings. The van der Waals surface area contributed by atoms with Crippen molar-refractivity contribution in [3.05, 3.63) is 18.0 Å². The second-order valence-corrected chi connectivity index (χ2v) is 4.89. The van der Waals surface area contributed by atoms with Crippen LogP contribution in [-0.4, -0.2) is 47.6 Å². The molecule has 1 unspecified atom stereocenters. The summed E-state index contributed by atoms with van der Waals surface area (Å²) in [4.78, 5) is 13.4. The van der Waals surface area contributed by atoms with Crippen LogP contribution in [0.4, 0.5) is 5.95 Å². The second kappa shape index (κ2) is 5.10. The van der Waals surface area contributed by atoms with Crippen molar-refractivity contribution in [2.45, 2.75) is 18.3 Å². The van der Waals surface area contributed by atoms with Crippen molar-refractivity contribution >= 4 is 21.9 Å². The van der Waals surface area contributed by atoms with E-state index in [9.17, 15) is 0 Å².